The van der Waals surface area contributed by atoms with Crippen LogP contribution in [0.25, 0.3) is 0 Å². The van der Waals surface area contributed by atoms with E-state index in [0.717, 1.165) is 35.4 Å². The van der Waals surface area contributed by atoms with Crippen LogP contribution in [0.5, 0.6) is 0 Å². The smallest absolute Gasteiger partial charge is 0.251 e. The molecule has 0 atom stereocenters. The van der Waals surface area contributed by atoms with E-state index in [9.17, 15) is 4.79 Å². The van der Waals surface area contributed by atoms with Gasteiger partial charge in [0.25, 0.3) is 5.91 Å². The monoisotopic (exact) mass is 412 g/mol. The van der Waals surface area contributed by atoms with Gasteiger partial charge in [0.15, 0.2) is 0 Å². The van der Waals surface area contributed by atoms with Gasteiger partial charge in [-0.1, -0.05) is 40.2 Å². The van der Waals surface area contributed by atoms with Crippen molar-refractivity contribution < 1.29 is 9.21 Å². The number of nitrogens with one attached hydrogen (secondary N) is 1. The Morgan fingerprint density at radius 3 is 2.12 bits per heavy atom. The molecule has 26 heavy (non-hydrogen) atoms. The third-order valence-electron chi connectivity index (χ3n) is 4.13. The van der Waals surface area contributed by atoms with Gasteiger partial charge in [-0.2, -0.15) is 0 Å². The molecule has 0 spiro atoms. The molecule has 3 rings (SSSR count). The lowest BCUT2D eigenvalue weighted by molar-refractivity contribution is 0.0963. The largest absolute Gasteiger partial charge is 0.468 e. The molecule has 0 radical (unpaired) electrons. The predicted octanol–water partition coefficient (Wildman–Crippen LogP) is 4.60. The minimum Gasteiger partial charge on any atom is -0.468 e. The summed E-state index contributed by atoms with van der Waals surface area (Å²) in [4.78, 5) is 14.0. The van der Waals surface area contributed by atoms with Crippen LogP contribution in [-0.2, 0) is 19.6 Å². The molecule has 0 aliphatic carbocycles. The summed E-state index contributed by atoms with van der Waals surface area (Å²) >= 11 is 3.48. The van der Waals surface area contributed by atoms with Gasteiger partial charge < -0.3 is 9.73 Å². The topological polar surface area (TPSA) is 45.5 Å². The highest BCUT2D eigenvalue weighted by Crippen LogP contribution is 2.17. The first-order valence-corrected chi connectivity index (χ1v) is 9.23. The molecule has 5 heteroatoms. The minimum absolute atomic E-state index is 0.0705. The summed E-state index contributed by atoms with van der Waals surface area (Å²) in [6.07, 6.45) is 1.70. The molecule has 1 N–H and O–H groups in total. The molecule has 134 valence electrons. The number of hydrogen-bond acceptors (Lipinski definition) is 3. The van der Waals surface area contributed by atoms with Crippen molar-refractivity contribution in [2.24, 2.45) is 0 Å². The Hall–Kier alpha value is -2.37. The lowest BCUT2D eigenvalue weighted by atomic mass is 10.1. The molecule has 0 saturated carbocycles. The molecule has 0 bridgehead atoms. The van der Waals surface area contributed by atoms with E-state index in [2.05, 4.69) is 50.4 Å². The Kier molecular flexibility index (Phi) is 6.26. The zero-order chi connectivity index (χ0) is 18.4. The van der Waals surface area contributed by atoms with Crippen molar-refractivity contribution in [2.45, 2.75) is 19.6 Å². The van der Waals surface area contributed by atoms with E-state index in [0.29, 0.717) is 5.56 Å². The number of amides is 1. The maximum Gasteiger partial charge on any atom is 0.251 e. The summed E-state index contributed by atoms with van der Waals surface area (Å²) in [6.45, 7) is 2.30. The van der Waals surface area contributed by atoms with Crippen LogP contribution in [-0.4, -0.2) is 17.9 Å². The van der Waals surface area contributed by atoms with Gasteiger partial charge in [-0.05, 0) is 47.5 Å². The zero-order valence-corrected chi connectivity index (χ0v) is 16.2. The van der Waals surface area contributed by atoms with Crippen molar-refractivity contribution >= 4 is 21.8 Å². The fraction of sp³-hybridized carbons (Fsp3) is 0.190. The second kappa shape index (κ2) is 8.83. The maximum absolute atomic E-state index is 11.7. The van der Waals surface area contributed by atoms with Gasteiger partial charge in [0.1, 0.15) is 5.76 Å². The van der Waals surface area contributed by atoms with E-state index < -0.39 is 0 Å². The highest BCUT2D eigenvalue weighted by atomic mass is 79.9. The molecule has 4 nitrogen and oxygen atoms in total. The summed E-state index contributed by atoms with van der Waals surface area (Å²) < 4.78 is 6.59. The lowest BCUT2D eigenvalue weighted by Gasteiger charge is -2.22. The van der Waals surface area contributed by atoms with Gasteiger partial charge in [0.05, 0.1) is 12.8 Å². The van der Waals surface area contributed by atoms with Crippen molar-refractivity contribution in [1.82, 2.24) is 10.2 Å². The molecule has 1 amide bonds. The fourth-order valence-electron chi connectivity index (χ4n) is 2.80. The van der Waals surface area contributed by atoms with E-state index in [1.165, 1.54) is 5.56 Å². The van der Waals surface area contributed by atoms with Crippen LogP contribution in [0.3, 0.4) is 0 Å². The number of carbonyl (C=O) groups is 1. The highest BCUT2D eigenvalue weighted by Gasteiger charge is 2.11. The lowest BCUT2D eigenvalue weighted by Crippen LogP contribution is -2.22. The van der Waals surface area contributed by atoms with Crippen molar-refractivity contribution in [3.05, 3.63) is 93.9 Å². The van der Waals surface area contributed by atoms with Gasteiger partial charge in [0, 0.05) is 30.2 Å². The average molecular weight is 413 g/mol. The van der Waals surface area contributed by atoms with Crippen LogP contribution in [0.15, 0.2) is 75.8 Å². The predicted molar refractivity (Wildman–Crippen MR) is 106 cm³/mol. The number of carbonyl (C=O) groups excluding carboxylic acids is 1. The number of furan rings is 1. The van der Waals surface area contributed by atoms with E-state index in [1.807, 2.05) is 36.4 Å². The van der Waals surface area contributed by atoms with Crippen molar-refractivity contribution in [3.8, 4) is 0 Å². The standard InChI is InChI=1S/C21H21BrN2O2/c1-23-21(25)18-8-4-16(5-9-18)13-24(15-20-3-2-12-26-20)14-17-6-10-19(22)11-7-17/h2-12H,13-15H2,1H3,(H,23,25). The van der Waals surface area contributed by atoms with E-state index >= 15 is 0 Å². The van der Waals surface area contributed by atoms with Gasteiger partial charge >= 0.3 is 0 Å². The number of hydrogen-bond donors (Lipinski definition) is 1. The van der Waals surface area contributed by atoms with Gasteiger partial charge in [0.2, 0.25) is 0 Å². The molecule has 0 aliphatic rings. The first kappa shape index (κ1) is 18.4. The quantitative estimate of drug-likeness (QED) is 0.616. The number of rotatable bonds is 7. The normalized spacial score (nSPS) is 10.9. The van der Waals surface area contributed by atoms with Crippen LogP contribution in [0.4, 0.5) is 0 Å². The molecular weight excluding hydrogens is 392 g/mol. The third kappa shape index (κ3) is 5.07. The maximum atomic E-state index is 11.7. The molecule has 0 aliphatic heterocycles. The highest BCUT2D eigenvalue weighted by molar-refractivity contribution is 9.10. The van der Waals surface area contributed by atoms with Crippen molar-refractivity contribution in [2.75, 3.05) is 7.05 Å². The molecule has 3 aromatic rings. The number of nitrogens with zero attached hydrogens (tertiary/aromatic N) is 1. The third-order valence-corrected chi connectivity index (χ3v) is 4.66. The van der Waals surface area contributed by atoms with Gasteiger partial charge in [-0.15, -0.1) is 0 Å². The van der Waals surface area contributed by atoms with E-state index in [1.54, 1.807) is 13.3 Å². The molecule has 0 fully saturated rings. The molecule has 0 saturated heterocycles. The van der Waals surface area contributed by atoms with Crippen LogP contribution >= 0.6 is 15.9 Å². The first-order chi connectivity index (χ1) is 12.6. The molecule has 0 unspecified atom stereocenters. The summed E-state index contributed by atoms with van der Waals surface area (Å²) in [5.41, 5.74) is 3.06. The van der Waals surface area contributed by atoms with Gasteiger partial charge in [-0.3, -0.25) is 9.69 Å². The second-order valence-corrected chi connectivity index (χ2v) is 7.04. The van der Waals surface area contributed by atoms with E-state index in [4.69, 9.17) is 4.42 Å². The summed E-state index contributed by atoms with van der Waals surface area (Å²) in [6, 6.07) is 20.0. The SMILES string of the molecule is CNC(=O)c1ccc(CN(Cc2ccc(Br)cc2)Cc2ccco2)cc1. The molecule has 1 aromatic heterocycles. The Morgan fingerprint density at radius 1 is 0.962 bits per heavy atom. The Balaban J connectivity index is 1.74. The fourth-order valence-corrected chi connectivity index (χ4v) is 3.07. The van der Waals surface area contributed by atoms with Crippen LogP contribution in [0, 0.1) is 0 Å². The average Bonchev–Trinajstić information content (AvgIpc) is 3.16. The van der Waals surface area contributed by atoms with E-state index in [-0.39, 0.29) is 5.91 Å². The molecule has 2 aromatic carbocycles. The number of benzene rings is 2. The van der Waals surface area contributed by atoms with Crippen molar-refractivity contribution in [3.63, 3.8) is 0 Å². The summed E-state index contributed by atoms with van der Waals surface area (Å²) in [5.74, 6) is 0.864. The molecule has 1 heterocycles. The summed E-state index contributed by atoms with van der Waals surface area (Å²) in [5, 5.41) is 2.64. The minimum atomic E-state index is -0.0705. The van der Waals surface area contributed by atoms with Crippen LogP contribution in [0.2, 0.25) is 0 Å². The Bertz CT molecular complexity index is 827. The second-order valence-electron chi connectivity index (χ2n) is 6.13. The Labute approximate surface area is 162 Å². The first-order valence-electron chi connectivity index (χ1n) is 8.44. The number of halogens is 1. The zero-order valence-electron chi connectivity index (χ0n) is 14.6. The van der Waals surface area contributed by atoms with Crippen molar-refractivity contribution in [1.29, 1.82) is 0 Å². The van der Waals surface area contributed by atoms with Gasteiger partial charge in [-0.25, -0.2) is 0 Å². The van der Waals surface area contributed by atoms with Crippen LogP contribution < -0.4 is 5.32 Å². The molecular formula is C21H21BrN2O2. The van der Waals surface area contributed by atoms with Crippen LogP contribution in [0.1, 0.15) is 27.2 Å². The summed E-state index contributed by atoms with van der Waals surface area (Å²) in [7, 11) is 1.64. The Morgan fingerprint density at radius 2 is 1.58 bits per heavy atom.